The Hall–Kier alpha value is -1.32. The largest absolute Gasteiger partial charge is 0.481 e. The van der Waals surface area contributed by atoms with Crippen LogP contribution in [-0.2, 0) is 14.3 Å². The summed E-state index contributed by atoms with van der Waals surface area (Å²) in [7, 11) is 0. The fraction of sp³-hybridized carbons (Fsp3) is 0.750. The highest BCUT2D eigenvalue weighted by Crippen LogP contribution is 2.15. The molecule has 4 heteroatoms. The number of aliphatic carboxylic acids is 1. The molecule has 0 aromatic carbocycles. The topological polar surface area (TPSA) is 63.6 Å². The number of carbonyl (C=O) groups is 2. The monoisotopic (exact) mass is 284 g/mol. The molecule has 20 heavy (non-hydrogen) atoms. The number of ether oxygens (including phenoxy) is 1. The van der Waals surface area contributed by atoms with E-state index in [4.69, 9.17) is 5.11 Å². The van der Waals surface area contributed by atoms with Crippen molar-refractivity contribution in [2.75, 3.05) is 0 Å². The van der Waals surface area contributed by atoms with Crippen LogP contribution in [-0.4, -0.2) is 17.0 Å². The van der Waals surface area contributed by atoms with Gasteiger partial charge in [0.1, 0.15) is 0 Å². The lowest BCUT2D eigenvalue weighted by Crippen LogP contribution is -2.24. The lowest BCUT2D eigenvalue weighted by atomic mass is 10.00. The van der Waals surface area contributed by atoms with Crippen molar-refractivity contribution < 1.29 is 19.4 Å². The van der Waals surface area contributed by atoms with Crippen LogP contribution in [0, 0.1) is 5.92 Å². The van der Waals surface area contributed by atoms with Crippen molar-refractivity contribution in [3.05, 3.63) is 12.8 Å². The highest BCUT2D eigenvalue weighted by Gasteiger charge is 2.26. The summed E-state index contributed by atoms with van der Waals surface area (Å²) in [6, 6.07) is 0. The summed E-state index contributed by atoms with van der Waals surface area (Å²) in [6.07, 6.45) is 11.8. The minimum absolute atomic E-state index is 0.345. The van der Waals surface area contributed by atoms with Crippen molar-refractivity contribution in [2.45, 2.75) is 71.1 Å². The van der Waals surface area contributed by atoms with Gasteiger partial charge in [-0.2, -0.15) is 0 Å². The Morgan fingerprint density at radius 3 is 2.00 bits per heavy atom. The zero-order chi connectivity index (χ0) is 15.2. The predicted molar refractivity (Wildman–Crippen MR) is 79.3 cm³/mol. The van der Waals surface area contributed by atoms with Gasteiger partial charge in [-0.05, 0) is 6.42 Å². The average Bonchev–Trinajstić information content (AvgIpc) is 2.40. The van der Waals surface area contributed by atoms with E-state index in [0.29, 0.717) is 6.42 Å². The summed E-state index contributed by atoms with van der Waals surface area (Å²) in [4.78, 5) is 22.3. The van der Waals surface area contributed by atoms with Crippen molar-refractivity contribution >= 4 is 11.9 Å². The fourth-order valence-electron chi connectivity index (χ4n) is 2.17. The maximum Gasteiger partial charge on any atom is 0.325 e. The highest BCUT2D eigenvalue weighted by molar-refractivity contribution is 5.94. The first kappa shape index (κ1) is 18.7. The minimum atomic E-state index is -1.11. The summed E-state index contributed by atoms with van der Waals surface area (Å²) >= 11 is 0. The second-order valence-electron chi connectivity index (χ2n) is 5.11. The quantitative estimate of drug-likeness (QED) is 0.237. The summed E-state index contributed by atoms with van der Waals surface area (Å²) in [6.45, 7) is 5.46. The summed E-state index contributed by atoms with van der Waals surface area (Å²) in [5, 5.41) is 8.96. The minimum Gasteiger partial charge on any atom is -0.481 e. The molecule has 0 aliphatic rings. The number of hydrogen-bond acceptors (Lipinski definition) is 3. The van der Waals surface area contributed by atoms with Crippen molar-refractivity contribution in [2.24, 2.45) is 5.92 Å². The van der Waals surface area contributed by atoms with Gasteiger partial charge in [-0.15, -0.1) is 0 Å². The zero-order valence-corrected chi connectivity index (χ0v) is 12.6. The Balaban J connectivity index is 3.62. The molecule has 1 atom stereocenters. The molecular weight excluding hydrogens is 256 g/mol. The first-order chi connectivity index (χ1) is 9.63. The molecule has 0 saturated carbocycles. The normalized spacial score (nSPS) is 11.8. The molecule has 0 saturated heterocycles. The van der Waals surface area contributed by atoms with Crippen LogP contribution in [0.2, 0.25) is 0 Å². The van der Waals surface area contributed by atoms with Gasteiger partial charge in [0, 0.05) is 0 Å². The Bertz CT molecular complexity index is 286. The smallest absolute Gasteiger partial charge is 0.325 e. The Kier molecular flexibility index (Phi) is 11.9. The van der Waals surface area contributed by atoms with E-state index >= 15 is 0 Å². The molecule has 0 spiro atoms. The average molecular weight is 284 g/mol. The second kappa shape index (κ2) is 12.7. The molecule has 0 radical (unpaired) electrons. The van der Waals surface area contributed by atoms with E-state index in [0.717, 1.165) is 25.5 Å². The number of carboxylic acids is 1. The molecule has 0 bridgehead atoms. The lowest BCUT2D eigenvalue weighted by Gasteiger charge is -2.09. The van der Waals surface area contributed by atoms with E-state index in [2.05, 4.69) is 18.2 Å². The number of carbonyl (C=O) groups excluding carboxylic acids is 1. The molecule has 0 amide bonds. The lowest BCUT2D eigenvalue weighted by molar-refractivity contribution is -0.155. The van der Waals surface area contributed by atoms with Crippen LogP contribution in [0.1, 0.15) is 71.1 Å². The first-order valence-electron chi connectivity index (χ1n) is 7.67. The van der Waals surface area contributed by atoms with E-state index in [1.54, 1.807) is 0 Å². The van der Waals surface area contributed by atoms with Crippen LogP contribution in [0.4, 0.5) is 0 Å². The van der Waals surface area contributed by atoms with Crippen LogP contribution in [0.5, 0.6) is 0 Å². The van der Waals surface area contributed by atoms with Crippen molar-refractivity contribution in [3.63, 3.8) is 0 Å². The number of hydrogen-bond donors (Lipinski definition) is 1. The number of carboxylic acid groups (broad SMARTS) is 1. The number of unbranched alkanes of at least 4 members (excludes halogenated alkanes) is 8. The molecule has 4 nitrogen and oxygen atoms in total. The van der Waals surface area contributed by atoms with E-state index in [9.17, 15) is 9.59 Å². The maximum atomic E-state index is 11.4. The van der Waals surface area contributed by atoms with Crippen molar-refractivity contribution in [1.82, 2.24) is 0 Å². The van der Waals surface area contributed by atoms with Crippen LogP contribution in [0.3, 0.4) is 0 Å². The van der Waals surface area contributed by atoms with Gasteiger partial charge in [0.05, 0.1) is 6.26 Å². The third kappa shape index (κ3) is 9.59. The predicted octanol–water partition coefficient (Wildman–Crippen LogP) is 4.29. The van der Waals surface area contributed by atoms with Gasteiger partial charge in [0.15, 0.2) is 5.92 Å². The summed E-state index contributed by atoms with van der Waals surface area (Å²) in [5.74, 6) is -2.89. The van der Waals surface area contributed by atoms with Gasteiger partial charge in [-0.25, -0.2) is 0 Å². The van der Waals surface area contributed by atoms with Crippen LogP contribution in [0.25, 0.3) is 0 Å². The molecule has 0 aliphatic carbocycles. The molecule has 1 unspecified atom stereocenters. The summed E-state index contributed by atoms with van der Waals surface area (Å²) in [5.41, 5.74) is 0. The fourth-order valence-corrected chi connectivity index (χ4v) is 2.17. The van der Waals surface area contributed by atoms with Gasteiger partial charge in [0.2, 0.25) is 0 Å². The van der Waals surface area contributed by atoms with Gasteiger partial charge in [0.25, 0.3) is 0 Å². The SMILES string of the molecule is C=COC(=O)C(CCCCCCCCCCC)C(=O)O. The molecule has 116 valence electrons. The van der Waals surface area contributed by atoms with Gasteiger partial charge < -0.3 is 9.84 Å². The van der Waals surface area contributed by atoms with Gasteiger partial charge in [-0.3, -0.25) is 9.59 Å². The van der Waals surface area contributed by atoms with Crippen LogP contribution >= 0.6 is 0 Å². The van der Waals surface area contributed by atoms with Gasteiger partial charge >= 0.3 is 11.9 Å². The van der Waals surface area contributed by atoms with Gasteiger partial charge in [-0.1, -0.05) is 71.3 Å². The van der Waals surface area contributed by atoms with E-state index in [1.807, 2.05) is 0 Å². The van der Waals surface area contributed by atoms with Crippen LogP contribution in [0.15, 0.2) is 12.8 Å². The second-order valence-corrected chi connectivity index (χ2v) is 5.11. The maximum absolute atomic E-state index is 11.4. The van der Waals surface area contributed by atoms with E-state index in [-0.39, 0.29) is 0 Å². The van der Waals surface area contributed by atoms with Crippen molar-refractivity contribution in [1.29, 1.82) is 0 Å². The molecule has 0 aromatic rings. The third-order valence-corrected chi connectivity index (χ3v) is 3.38. The molecule has 0 rings (SSSR count). The molecule has 0 fully saturated rings. The molecule has 0 aliphatic heterocycles. The molecule has 1 N–H and O–H groups in total. The summed E-state index contributed by atoms with van der Waals surface area (Å²) < 4.78 is 4.54. The molecular formula is C16H28O4. The van der Waals surface area contributed by atoms with E-state index in [1.165, 1.54) is 38.5 Å². The molecule has 0 aromatic heterocycles. The highest BCUT2D eigenvalue weighted by atomic mass is 16.5. The molecule has 0 heterocycles. The Labute approximate surface area is 122 Å². The van der Waals surface area contributed by atoms with E-state index < -0.39 is 17.9 Å². The third-order valence-electron chi connectivity index (χ3n) is 3.38. The number of esters is 1. The Morgan fingerprint density at radius 1 is 1.05 bits per heavy atom. The van der Waals surface area contributed by atoms with Crippen molar-refractivity contribution in [3.8, 4) is 0 Å². The number of rotatable bonds is 13. The van der Waals surface area contributed by atoms with Crippen LogP contribution < -0.4 is 0 Å². The first-order valence-corrected chi connectivity index (χ1v) is 7.67. The Morgan fingerprint density at radius 2 is 1.55 bits per heavy atom. The zero-order valence-electron chi connectivity index (χ0n) is 12.6. The standard InChI is InChI=1S/C16H28O4/c1-3-5-6-7-8-9-10-11-12-13-14(15(17)18)16(19)20-4-2/h4,14H,2-3,5-13H2,1H3,(H,17,18).